The second kappa shape index (κ2) is 5.93. The molecule has 0 spiro atoms. The molecule has 1 fully saturated rings. The van der Waals surface area contributed by atoms with Gasteiger partial charge in [0.05, 0.1) is 10.9 Å². The lowest BCUT2D eigenvalue weighted by molar-refractivity contribution is -0.130. The van der Waals surface area contributed by atoms with Crippen molar-refractivity contribution in [2.24, 2.45) is 10.7 Å². The van der Waals surface area contributed by atoms with Gasteiger partial charge in [-0.15, -0.1) is 0 Å². The Labute approximate surface area is 135 Å². The van der Waals surface area contributed by atoms with Gasteiger partial charge in [-0.3, -0.25) is 14.5 Å². The molecule has 2 aliphatic heterocycles. The molecule has 0 bridgehead atoms. The molecular weight excluding hydrogens is 316 g/mol. The number of carbonyl (C=O) groups excluding carboxylic acids is 1. The van der Waals surface area contributed by atoms with E-state index in [0.29, 0.717) is 24.5 Å². The van der Waals surface area contributed by atoms with E-state index >= 15 is 0 Å². The minimum atomic E-state index is -3.54. The Bertz CT molecular complexity index is 760. The van der Waals surface area contributed by atoms with Gasteiger partial charge in [0, 0.05) is 31.1 Å². The Morgan fingerprint density at radius 1 is 1.48 bits per heavy atom. The maximum absolute atomic E-state index is 12.2. The van der Waals surface area contributed by atoms with Crippen LogP contribution >= 0.6 is 0 Å². The third-order valence-electron chi connectivity index (χ3n) is 4.06. The van der Waals surface area contributed by atoms with Crippen LogP contribution in [-0.4, -0.2) is 50.2 Å². The number of nitrogens with one attached hydrogen (secondary N) is 1. The minimum absolute atomic E-state index is 0.00365. The van der Waals surface area contributed by atoms with E-state index in [1.54, 1.807) is 36.1 Å². The molecule has 1 unspecified atom stereocenters. The molecule has 7 nitrogen and oxygen atoms in total. The van der Waals surface area contributed by atoms with Crippen molar-refractivity contribution in [2.75, 3.05) is 13.1 Å². The molecule has 1 amide bonds. The molecule has 1 saturated heterocycles. The van der Waals surface area contributed by atoms with E-state index in [2.05, 4.69) is 9.71 Å². The lowest BCUT2D eigenvalue weighted by atomic mass is 10.2. The summed E-state index contributed by atoms with van der Waals surface area (Å²) in [6, 6.07) is 6.42. The summed E-state index contributed by atoms with van der Waals surface area (Å²) in [6.45, 7) is 3.06. The molecular formula is C15H20N4O3S. The van der Waals surface area contributed by atoms with E-state index in [1.807, 2.05) is 0 Å². The predicted molar refractivity (Wildman–Crippen MR) is 86.6 cm³/mol. The zero-order chi connectivity index (χ0) is 16.6. The SMILES string of the molecule is CC(CC(=O)N1CC[C@@H](N)C1)N=C1NS(=O)(=O)c2ccccc21. The smallest absolute Gasteiger partial charge is 0.263 e. The molecule has 1 aromatic rings. The topological polar surface area (TPSA) is 105 Å². The van der Waals surface area contributed by atoms with Crippen molar-refractivity contribution >= 4 is 21.8 Å². The minimum Gasteiger partial charge on any atom is -0.341 e. The number of carbonyl (C=O) groups is 1. The summed E-state index contributed by atoms with van der Waals surface area (Å²) in [5.41, 5.74) is 6.36. The number of sulfonamides is 1. The third kappa shape index (κ3) is 3.23. The molecule has 1 aromatic carbocycles. The zero-order valence-electron chi connectivity index (χ0n) is 12.9. The van der Waals surface area contributed by atoms with Gasteiger partial charge in [-0.25, -0.2) is 8.42 Å². The van der Waals surface area contributed by atoms with Crippen LogP contribution in [0.2, 0.25) is 0 Å². The zero-order valence-corrected chi connectivity index (χ0v) is 13.7. The number of nitrogens with two attached hydrogens (primary N) is 1. The monoisotopic (exact) mass is 336 g/mol. The molecule has 0 aliphatic carbocycles. The first kappa shape index (κ1) is 15.9. The molecule has 124 valence electrons. The molecule has 0 aromatic heterocycles. The fraction of sp³-hybridized carbons (Fsp3) is 0.467. The van der Waals surface area contributed by atoms with Crippen LogP contribution in [0.15, 0.2) is 34.2 Å². The van der Waals surface area contributed by atoms with Crippen molar-refractivity contribution in [3.8, 4) is 0 Å². The number of fused-ring (bicyclic) bond motifs is 1. The van der Waals surface area contributed by atoms with Gasteiger partial charge >= 0.3 is 0 Å². The average molecular weight is 336 g/mol. The van der Waals surface area contributed by atoms with Crippen molar-refractivity contribution in [1.82, 2.24) is 9.62 Å². The van der Waals surface area contributed by atoms with Crippen molar-refractivity contribution in [3.05, 3.63) is 29.8 Å². The Morgan fingerprint density at radius 3 is 2.91 bits per heavy atom. The van der Waals surface area contributed by atoms with Gasteiger partial charge < -0.3 is 10.6 Å². The van der Waals surface area contributed by atoms with Crippen LogP contribution in [0, 0.1) is 0 Å². The van der Waals surface area contributed by atoms with E-state index in [1.165, 1.54) is 0 Å². The fourth-order valence-corrected chi connectivity index (χ4v) is 4.13. The van der Waals surface area contributed by atoms with Crippen LogP contribution in [0.4, 0.5) is 0 Å². The summed E-state index contributed by atoms with van der Waals surface area (Å²) in [5.74, 6) is 0.308. The maximum Gasteiger partial charge on any atom is 0.263 e. The van der Waals surface area contributed by atoms with Gasteiger partial charge in [-0.05, 0) is 25.5 Å². The quantitative estimate of drug-likeness (QED) is 0.814. The summed E-state index contributed by atoms with van der Waals surface area (Å²) in [7, 11) is -3.54. The van der Waals surface area contributed by atoms with Crippen molar-refractivity contribution in [1.29, 1.82) is 0 Å². The van der Waals surface area contributed by atoms with Gasteiger partial charge in [0.2, 0.25) is 5.91 Å². The average Bonchev–Trinajstić information content (AvgIpc) is 3.02. The molecule has 2 atom stereocenters. The summed E-state index contributed by atoms with van der Waals surface area (Å²) >= 11 is 0. The molecule has 3 N–H and O–H groups in total. The number of hydrogen-bond donors (Lipinski definition) is 2. The summed E-state index contributed by atoms with van der Waals surface area (Å²) < 4.78 is 26.5. The lowest BCUT2D eigenvalue weighted by Gasteiger charge is -2.17. The Hall–Kier alpha value is -1.93. The number of aliphatic imine (C=N–C) groups is 1. The van der Waals surface area contributed by atoms with Gasteiger partial charge in [0.15, 0.2) is 0 Å². The summed E-state index contributed by atoms with van der Waals surface area (Å²) in [6.07, 6.45) is 1.06. The Morgan fingerprint density at radius 2 is 2.22 bits per heavy atom. The van der Waals surface area contributed by atoms with Gasteiger partial charge in [-0.1, -0.05) is 12.1 Å². The molecule has 23 heavy (non-hydrogen) atoms. The van der Waals surface area contributed by atoms with Crippen LogP contribution in [0.5, 0.6) is 0 Å². The molecule has 8 heteroatoms. The van der Waals surface area contributed by atoms with Gasteiger partial charge in [-0.2, -0.15) is 0 Å². The highest BCUT2D eigenvalue weighted by Crippen LogP contribution is 2.23. The number of hydrogen-bond acceptors (Lipinski definition) is 5. The number of rotatable bonds is 3. The second-order valence-electron chi connectivity index (χ2n) is 6.02. The van der Waals surface area contributed by atoms with E-state index < -0.39 is 10.0 Å². The maximum atomic E-state index is 12.2. The van der Waals surface area contributed by atoms with Crippen LogP contribution in [-0.2, 0) is 14.8 Å². The number of amides is 1. The van der Waals surface area contributed by atoms with E-state index in [0.717, 1.165) is 6.42 Å². The lowest BCUT2D eigenvalue weighted by Crippen LogP contribution is -2.33. The van der Waals surface area contributed by atoms with E-state index in [4.69, 9.17) is 5.73 Å². The van der Waals surface area contributed by atoms with Crippen molar-refractivity contribution in [3.63, 3.8) is 0 Å². The fourth-order valence-electron chi connectivity index (χ4n) is 2.89. The number of amidine groups is 1. The van der Waals surface area contributed by atoms with E-state index in [9.17, 15) is 13.2 Å². The highest BCUT2D eigenvalue weighted by atomic mass is 32.2. The first-order chi connectivity index (χ1) is 10.9. The molecule has 0 saturated carbocycles. The summed E-state index contributed by atoms with van der Waals surface area (Å²) in [4.78, 5) is 18.6. The van der Waals surface area contributed by atoms with Crippen LogP contribution < -0.4 is 10.5 Å². The van der Waals surface area contributed by atoms with Gasteiger partial charge in [0.1, 0.15) is 5.84 Å². The van der Waals surface area contributed by atoms with Gasteiger partial charge in [0.25, 0.3) is 10.0 Å². The van der Waals surface area contributed by atoms with Crippen LogP contribution in [0.1, 0.15) is 25.3 Å². The standard InChI is InChI=1S/C15H20N4O3S/c1-10(8-14(20)19-7-6-11(16)9-19)17-15-12-4-2-3-5-13(12)23(21,22)18-15/h2-5,10-11H,6-9,16H2,1H3,(H,17,18)/t10?,11-/m1/s1. The molecule has 2 heterocycles. The highest BCUT2D eigenvalue weighted by molar-refractivity contribution is 7.90. The van der Waals surface area contributed by atoms with Crippen molar-refractivity contribution in [2.45, 2.75) is 36.7 Å². The second-order valence-corrected chi connectivity index (χ2v) is 7.67. The normalized spacial score (nSPS) is 25.2. The number of nitrogens with zero attached hydrogens (tertiary/aromatic N) is 2. The van der Waals surface area contributed by atoms with E-state index in [-0.39, 0.29) is 29.3 Å². The largest absolute Gasteiger partial charge is 0.341 e. The summed E-state index contributed by atoms with van der Waals surface area (Å²) in [5, 5.41) is 0. The molecule has 0 radical (unpaired) electrons. The first-order valence-corrected chi connectivity index (χ1v) is 9.08. The predicted octanol–water partition coefficient (Wildman–Crippen LogP) is 0.0633. The Kier molecular flexibility index (Phi) is 4.11. The molecule has 2 aliphatic rings. The van der Waals surface area contributed by atoms with Crippen LogP contribution in [0.25, 0.3) is 0 Å². The number of likely N-dealkylation sites (tertiary alicyclic amines) is 1. The molecule has 3 rings (SSSR count). The number of benzene rings is 1. The highest BCUT2D eigenvalue weighted by Gasteiger charge is 2.31. The Balaban J connectivity index is 1.74. The van der Waals surface area contributed by atoms with Crippen molar-refractivity contribution < 1.29 is 13.2 Å². The van der Waals surface area contributed by atoms with Crippen LogP contribution in [0.3, 0.4) is 0 Å². The third-order valence-corrected chi connectivity index (χ3v) is 5.46. The first-order valence-electron chi connectivity index (χ1n) is 7.60.